The van der Waals surface area contributed by atoms with Crippen LogP contribution in [0.3, 0.4) is 0 Å². The van der Waals surface area contributed by atoms with Gasteiger partial charge in [0.2, 0.25) is 0 Å². The Morgan fingerprint density at radius 1 is 1.08 bits per heavy atom. The van der Waals surface area contributed by atoms with Gasteiger partial charge in [0.1, 0.15) is 17.7 Å². The van der Waals surface area contributed by atoms with E-state index in [0.717, 1.165) is 11.1 Å². The van der Waals surface area contributed by atoms with Gasteiger partial charge in [0, 0.05) is 29.3 Å². The number of alkyl halides is 1. The van der Waals surface area contributed by atoms with E-state index in [1.165, 1.54) is 19.3 Å². The number of hydrogen-bond acceptors (Lipinski definition) is 4. The number of pyridine rings is 1. The number of carbonyl (C=O) groups excluding carboxylic acids is 1. The number of aromatic nitrogens is 1. The largest absolute Gasteiger partial charge is 0.497 e. The molecule has 1 unspecified atom stereocenters. The van der Waals surface area contributed by atoms with E-state index < -0.39 is 12.1 Å². The Kier molecular flexibility index (Phi) is 8.97. The standard InChI is InChI=1S/C30H33F2NO3/c1-6-36-29(34)15-10-20-8-7-9-21(16-20)17-26(32)27-14-12-23(28(33-27)19-30(2,3)4)24-18-22(35-5)11-13-25(24)31/h7-16,18,26H,6,17,19H2,1-5H3/b15-10+. The highest BCUT2D eigenvalue weighted by Gasteiger charge is 2.21. The molecule has 0 fully saturated rings. The molecule has 0 saturated heterocycles. The minimum atomic E-state index is -1.35. The van der Waals surface area contributed by atoms with Crippen LogP contribution in [0.2, 0.25) is 0 Å². The Labute approximate surface area is 212 Å². The van der Waals surface area contributed by atoms with Gasteiger partial charge >= 0.3 is 5.97 Å². The van der Waals surface area contributed by atoms with Crippen molar-refractivity contribution < 1.29 is 23.0 Å². The first-order chi connectivity index (χ1) is 17.1. The molecule has 3 rings (SSSR count). The zero-order valence-corrected chi connectivity index (χ0v) is 21.5. The second-order valence-electron chi connectivity index (χ2n) is 9.82. The molecule has 3 aromatic rings. The van der Waals surface area contributed by atoms with Crippen molar-refractivity contribution in [1.29, 1.82) is 0 Å². The van der Waals surface area contributed by atoms with Gasteiger partial charge in [0.25, 0.3) is 0 Å². The van der Waals surface area contributed by atoms with Crippen LogP contribution in [0, 0.1) is 11.2 Å². The molecule has 0 bridgehead atoms. The van der Waals surface area contributed by atoms with Crippen molar-refractivity contribution >= 4 is 12.0 Å². The molecule has 0 aliphatic rings. The van der Waals surface area contributed by atoms with E-state index in [1.54, 1.807) is 37.3 Å². The molecule has 0 N–H and O–H groups in total. The highest BCUT2D eigenvalue weighted by Crippen LogP contribution is 2.34. The molecule has 0 saturated carbocycles. The molecule has 0 aliphatic heterocycles. The quantitative estimate of drug-likeness (QED) is 0.232. The zero-order valence-electron chi connectivity index (χ0n) is 21.5. The average molecular weight is 494 g/mol. The summed E-state index contributed by atoms with van der Waals surface area (Å²) in [6, 6.07) is 15.3. The summed E-state index contributed by atoms with van der Waals surface area (Å²) in [6.07, 6.45) is 2.32. The third-order valence-electron chi connectivity index (χ3n) is 5.54. The molecule has 2 aromatic carbocycles. The number of methoxy groups -OCH3 is 1. The normalized spacial score (nSPS) is 12.5. The number of carbonyl (C=O) groups is 1. The monoisotopic (exact) mass is 493 g/mol. The number of ether oxygens (including phenoxy) is 2. The summed E-state index contributed by atoms with van der Waals surface area (Å²) in [4.78, 5) is 16.2. The Morgan fingerprint density at radius 2 is 1.86 bits per heavy atom. The van der Waals surface area contributed by atoms with Crippen molar-refractivity contribution in [1.82, 2.24) is 4.98 Å². The molecule has 1 aromatic heterocycles. The molecule has 4 nitrogen and oxygen atoms in total. The summed E-state index contributed by atoms with van der Waals surface area (Å²) in [5.41, 5.74) is 3.36. The van der Waals surface area contributed by atoms with Crippen LogP contribution in [-0.4, -0.2) is 24.7 Å². The van der Waals surface area contributed by atoms with Gasteiger partial charge in [0.15, 0.2) is 0 Å². The van der Waals surface area contributed by atoms with Crippen LogP contribution in [0.4, 0.5) is 8.78 Å². The van der Waals surface area contributed by atoms with Crippen LogP contribution in [0.5, 0.6) is 5.75 Å². The topological polar surface area (TPSA) is 48.4 Å². The van der Waals surface area contributed by atoms with Crippen molar-refractivity contribution in [2.45, 2.75) is 46.7 Å². The van der Waals surface area contributed by atoms with Gasteiger partial charge < -0.3 is 9.47 Å². The van der Waals surface area contributed by atoms with Gasteiger partial charge in [-0.2, -0.15) is 0 Å². The first kappa shape index (κ1) is 27.1. The third kappa shape index (κ3) is 7.48. The molecule has 1 atom stereocenters. The van der Waals surface area contributed by atoms with Crippen LogP contribution in [0.15, 0.2) is 60.7 Å². The summed E-state index contributed by atoms with van der Waals surface area (Å²) in [6.45, 7) is 8.24. The van der Waals surface area contributed by atoms with E-state index in [2.05, 4.69) is 25.8 Å². The van der Waals surface area contributed by atoms with Crippen molar-refractivity contribution in [2.75, 3.05) is 13.7 Å². The maximum atomic E-state index is 15.5. The fourth-order valence-corrected chi connectivity index (χ4v) is 3.90. The minimum absolute atomic E-state index is 0.121. The lowest BCUT2D eigenvalue weighted by atomic mass is 9.87. The maximum absolute atomic E-state index is 15.5. The SMILES string of the molecule is CCOC(=O)/C=C/c1cccc(CC(F)c2ccc(-c3cc(OC)ccc3F)c(CC(C)(C)C)n2)c1. The fourth-order valence-electron chi connectivity index (χ4n) is 3.90. The van der Waals surface area contributed by atoms with Gasteiger partial charge in [-0.05, 0) is 60.2 Å². The summed E-state index contributed by atoms with van der Waals surface area (Å²) in [5.74, 6) is -0.267. The van der Waals surface area contributed by atoms with Crippen molar-refractivity contribution in [3.63, 3.8) is 0 Å². The molecule has 36 heavy (non-hydrogen) atoms. The Bertz CT molecular complexity index is 1230. The van der Waals surface area contributed by atoms with Crippen LogP contribution in [0.25, 0.3) is 17.2 Å². The molecule has 1 heterocycles. The van der Waals surface area contributed by atoms with Crippen molar-refractivity contribution in [3.8, 4) is 16.9 Å². The second-order valence-corrected chi connectivity index (χ2v) is 9.82. The fraction of sp³-hybridized carbons (Fsp3) is 0.333. The van der Waals surface area contributed by atoms with E-state index in [1.807, 2.05) is 24.3 Å². The van der Waals surface area contributed by atoms with Crippen LogP contribution >= 0.6 is 0 Å². The predicted molar refractivity (Wildman–Crippen MR) is 139 cm³/mol. The van der Waals surface area contributed by atoms with E-state index in [-0.39, 0.29) is 17.7 Å². The van der Waals surface area contributed by atoms with E-state index in [0.29, 0.717) is 41.3 Å². The van der Waals surface area contributed by atoms with Crippen LogP contribution in [0.1, 0.15) is 56.4 Å². The smallest absolute Gasteiger partial charge is 0.330 e. The number of nitrogens with zero attached hydrogens (tertiary/aromatic N) is 1. The van der Waals surface area contributed by atoms with Gasteiger partial charge in [-0.15, -0.1) is 0 Å². The number of hydrogen-bond donors (Lipinski definition) is 0. The number of esters is 1. The van der Waals surface area contributed by atoms with Gasteiger partial charge in [0.05, 0.1) is 19.4 Å². The summed E-state index contributed by atoms with van der Waals surface area (Å²) in [5, 5.41) is 0. The summed E-state index contributed by atoms with van der Waals surface area (Å²) >= 11 is 0. The molecule has 190 valence electrons. The Hall–Kier alpha value is -3.54. The Morgan fingerprint density at radius 3 is 2.56 bits per heavy atom. The van der Waals surface area contributed by atoms with E-state index in [4.69, 9.17) is 9.47 Å². The van der Waals surface area contributed by atoms with Crippen molar-refractivity contribution in [2.24, 2.45) is 5.41 Å². The second kappa shape index (κ2) is 11.9. The minimum Gasteiger partial charge on any atom is -0.497 e. The van der Waals surface area contributed by atoms with Gasteiger partial charge in [-0.1, -0.05) is 51.1 Å². The summed E-state index contributed by atoms with van der Waals surface area (Å²) < 4.78 is 40.4. The van der Waals surface area contributed by atoms with E-state index >= 15 is 4.39 Å². The number of benzene rings is 2. The van der Waals surface area contributed by atoms with Crippen LogP contribution in [-0.2, 0) is 22.4 Å². The van der Waals surface area contributed by atoms with Gasteiger partial charge in [-0.3, -0.25) is 4.98 Å². The van der Waals surface area contributed by atoms with Crippen molar-refractivity contribution in [3.05, 3.63) is 89.0 Å². The molecule has 0 amide bonds. The lowest BCUT2D eigenvalue weighted by Gasteiger charge is -2.21. The Balaban J connectivity index is 1.90. The predicted octanol–water partition coefficient (Wildman–Crippen LogP) is 7.31. The van der Waals surface area contributed by atoms with E-state index in [9.17, 15) is 9.18 Å². The summed E-state index contributed by atoms with van der Waals surface area (Å²) in [7, 11) is 1.53. The first-order valence-electron chi connectivity index (χ1n) is 12.0. The third-order valence-corrected chi connectivity index (χ3v) is 5.54. The highest BCUT2D eigenvalue weighted by molar-refractivity contribution is 5.87. The lowest BCUT2D eigenvalue weighted by molar-refractivity contribution is -0.137. The molecule has 0 spiro atoms. The molecule has 0 radical (unpaired) electrons. The highest BCUT2D eigenvalue weighted by atomic mass is 19.1. The zero-order chi connectivity index (χ0) is 26.3. The van der Waals surface area contributed by atoms with Gasteiger partial charge in [-0.25, -0.2) is 13.6 Å². The lowest BCUT2D eigenvalue weighted by Crippen LogP contribution is -2.13. The molecular weight excluding hydrogens is 460 g/mol. The average Bonchev–Trinajstić information content (AvgIpc) is 2.83. The number of halogens is 2. The maximum Gasteiger partial charge on any atom is 0.330 e. The number of rotatable bonds is 9. The van der Waals surface area contributed by atoms with Crippen LogP contribution < -0.4 is 4.74 Å². The first-order valence-corrected chi connectivity index (χ1v) is 12.0. The molecule has 0 aliphatic carbocycles. The molecule has 6 heteroatoms. The molecular formula is C30H33F2NO3.